The van der Waals surface area contributed by atoms with Crippen molar-refractivity contribution >= 4 is 34.2 Å². The van der Waals surface area contributed by atoms with E-state index >= 15 is 0 Å². The number of rotatable bonds is 18. The SMILES string of the molecule is CCCCN(c1ccc(C(C2=CCC(N(CCCC)C3=C(C)CCC=C3C)C=C2)=C2C=CC(=NC3CCCCC3COC(=O)CCc3cc(C(C)(C)C)c(O)c(C(C)(C)C)c3)c3[nH+]cccc32)cc1)c1c(C)cccc1C. The highest BCUT2D eigenvalue weighted by atomic mass is 16.5. The van der Waals surface area contributed by atoms with E-state index in [1.807, 2.05) is 6.20 Å². The normalized spacial score (nSPS) is 19.9. The van der Waals surface area contributed by atoms with E-state index in [9.17, 15) is 9.90 Å². The minimum atomic E-state index is -0.234. The topological polar surface area (TPSA) is 79.5 Å². The number of benzene rings is 3. The van der Waals surface area contributed by atoms with Gasteiger partial charge in [0.15, 0.2) is 6.20 Å². The number of nitrogens with one attached hydrogen (secondary N) is 1. The average molecular weight is 1040 g/mol. The molecule has 1 saturated carbocycles. The molecule has 3 aromatic carbocycles. The minimum absolute atomic E-state index is 0.0292. The van der Waals surface area contributed by atoms with E-state index in [4.69, 9.17) is 9.73 Å². The lowest BCUT2D eigenvalue weighted by molar-refractivity contribution is -0.380. The van der Waals surface area contributed by atoms with Gasteiger partial charge in [-0.2, -0.15) is 0 Å². The van der Waals surface area contributed by atoms with E-state index in [0.717, 1.165) is 117 Å². The van der Waals surface area contributed by atoms with Crippen LogP contribution in [0, 0.1) is 19.8 Å². The Morgan fingerprint density at radius 1 is 0.818 bits per heavy atom. The van der Waals surface area contributed by atoms with E-state index < -0.39 is 0 Å². The van der Waals surface area contributed by atoms with Gasteiger partial charge in [0, 0.05) is 48.6 Å². The highest BCUT2D eigenvalue weighted by molar-refractivity contribution is 6.17. The summed E-state index contributed by atoms with van der Waals surface area (Å²) in [5.41, 5.74) is 19.8. The van der Waals surface area contributed by atoms with Gasteiger partial charge in [-0.3, -0.25) is 9.79 Å². The van der Waals surface area contributed by atoms with E-state index in [1.165, 1.54) is 61.6 Å². The average Bonchev–Trinajstić information content (AvgIpc) is 3.42. The molecule has 0 radical (unpaired) electrons. The van der Waals surface area contributed by atoms with Gasteiger partial charge in [-0.1, -0.05) is 154 Å². The Morgan fingerprint density at radius 3 is 2.16 bits per heavy atom. The Balaban J connectivity index is 1.10. The largest absolute Gasteiger partial charge is 0.507 e. The number of fused-ring (bicyclic) bond motifs is 1. The lowest BCUT2D eigenvalue weighted by Gasteiger charge is -2.38. The van der Waals surface area contributed by atoms with Crippen molar-refractivity contribution in [3.8, 4) is 5.75 Å². The summed E-state index contributed by atoms with van der Waals surface area (Å²) in [6.07, 6.45) is 29.1. The number of aromatic nitrogens is 1. The molecule has 7 nitrogen and oxygen atoms in total. The second kappa shape index (κ2) is 25.1. The van der Waals surface area contributed by atoms with Crippen LogP contribution < -0.4 is 9.88 Å². The van der Waals surface area contributed by atoms with Crippen LogP contribution in [0.4, 0.5) is 11.4 Å². The number of pyridine rings is 1. The molecule has 3 unspecified atom stereocenters. The number of carbonyl (C=O) groups is 1. The first kappa shape index (κ1) is 57.0. The minimum Gasteiger partial charge on any atom is -0.507 e. The highest BCUT2D eigenvalue weighted by Gasteiger charge is 2.32. The molecule has 1 heterocycles. The van der Waals surface area contributed by atoms with Crippen LogP contribution in [0.3, 0.4) is 0 Å². The summed E-state index contributed by atoms with van der Waals surface area (Å²) >= 11 is 0. The number of esters is 1. The van der Waals surface area contributed by atoms with Gasteiger partial charge >= 0.3 is 5.97 Å². The zero-order valence-electron chi connectivity index (χ0n) is 49.0. The van der Waals surface area contributed by atoms with Gasteiger partial charge in [0.25, 0.3) is 0 Å². The molecule has 0 saturated heterocycles. The molecule has 0 aliphatic heterocycles. The van der Waals surface area contributed by atoms with Crippen molar-refractivity contribution < 1.29 is 19.6 Å². The maximum atomic E-state index is 13.5. The fourth-order valence-electron chi connectivity index (χ4n) is 12.3. The van der Waals surface area contributed by atoms with Crippen molar-refractivity contribution in [3.63, 3.8) is 0 Å². The summed E-state index contributed by atoms with van der Waals surface area (Å²) in [5.74, 6) is 0.309. The summed E-state index contributed by atoms with van der Waals surface area (Å²) < 4.78 is 6.13. The third-order valence-electron chi connectivity index (χ3n) is 16.6. The molecule has 7 heteroatoms. The number of H-pyrrole nitrogens is 1. The van der Waals surface area contributed by atoms with E-state index in [2.05, 4.69) is 201 Å². The number of phenolic OH excluding ortho intramolecular Hbond substituents is 1. The Bertz CT molecular complexity index is 2930. The number of aromatic amines is 1. The smallest absolute Gasteiger partial charge is 0.306 e. The maximum Gasteiger partial charge on any atom is 0.306 e. The fourth-order valence-corrected chi connectivity index (χ4v) is 12.3. The number of aliphatic imine (C=N–C) groups is 1. The predicted molar refractivity (Wildman–Crippen MR) is 323 cm³/mol. The second-order valence-corrected chi connectivity index (χ2v) is 24.6. The highest BCUT2D eigenvalue weighted by Crippen LogP contribution is 2.43. The van der Waals surface area contributed by atoms with Crippen LogP contribution >= 0.6 is 0 Å². The maximum absolute atomic E-state index is 13.5. The molecule has 0 amide bonds. The number of carbonyl (C=O) groups excluding carboxylic acids is 1. The Labute approximate surface area is 463 Å². The quantitative estimate of drug-likeness (QED) is 0.100. The first-order valence-electron chi connectivity index (χ1n) is 29.4. The van der Waals surface area contributed by atoms with Crippen LogP contribution in [-0.4, -0.2) is 53.5 Å². The molecule has 4 aromatic rings. The van der Waals surface area contributed by atoms with Gasteiger partial charge in [-0.05, 0) is 175 Å². The fraction of sp³-hybridized carbons (Fsp3) is 0.471. The monoisotopic (exact) mass is 1040 g/mol. The van der Waals surface area contributed by atoms with Gasteiger partial charge in [0.1, 0.15) is 11.5 Å². The van der Waals surface area contributed by atoms with Crippen molar-refractivity contribution in [2.24, 2.45) is 10.9 Å². The number of hydrogen-bond acceptors (Lipinski definition) is 6. The molecule has 0 bridgehead atoms. The molecular weight excluding hydrogens is 945 g/mol. The molecule has 1 aromatic heterocycles. The Morgan fingerprint density at radius 2 is 1.51 bits per heavy atom. The molecule has 408 valence electrons. The van der Waals surface area contributed by atoms with Crippen LogP contribution in [0.5, 0.6) is 5.75 Å². The predicted octanol–water partition coefficient (Wildman–Crippen LogP) is 16.7. The third-order valence-corrected chi connectivity index (χ3v) is 16.6. The number of aromatic hydroxyl groups is 1. The first-order valence-corrected chi connectivity index (χ1v) is 29.4. The summed E-state index contributed by atoms with van der Waals surface area (Å²) in [5, 5.41) is 11.3. The molecule has 8 rings (SSSR count). The van der Waals surface area contributed by atoms with Gasteiger partial charge in [-0.25, -0.2) is 4.98 Å². The van der Waals surface area contributed by atoms with Gasteiger partial charge in [-0.15, -0.1) is 0 Å². The van der Waals surface area contributed by atoms with Gasteiger partial charge in [0.2, 0.25) is 5.69 Å². The third kappa shape index (κ3) is 13.4. The van der Waals surface area contributed by atoms with Gasteiger partial charge in [0.05, 0.1) is 24.3 Å². The molecule has 0 spiro atoms. The number of ether oxygens (including phenoxy) is 1. The molecule has 4 aliphatic carbocycles. The van der Waals surface area contributed by atoms with Crippen molar-refractivity contribution in [1.29, 1.82) is 0 Å². The van der Waals surface area contributed by atoms with Crippen molar-refractivity contribution in [2.45, 2.75) is 189 Å². The van der Waals surface area contributed by atoms with Crippen molar-refractivity contribution in [1.82, 2.24) is 4.90 Å². The zero-order valence-corrected chi connectivity index (χ0v) is 49.0. The number of hydrogen-bond donors (Lipinski definition) is 1. The van der Waals surface area contributed by atoms with Crippen LogP contribution in [0.15, 0.2) is 137 Å². The lowest BCUT2D eigenvalue weighted by Crippen LogP contribution is -2.36. The van der Waals surface area contributed by atoms with Crippen LogP contribution in [0.2, 0.25) is 0 Å². The standard InChI is InChI=1S/C70H90N4O3/c1-13-15-42-73(66-47(3)22-19-23-48(66)4)55-34-30-52(31-35-55)64(53-32-36-56(37-33-53)74(43-16-14-2)67-49(5)24-20-25-50(67)6)57-38-39-62(65-58(57)27-21-41-71-65)72-61-28-18-17-26-54(61)46-77-63(75)40-29-51-44-59(69(7,8)9)68(76)60(45-51)70(10,11)12/h19,21-24,27,30-36,38-39,41,44-45,54,56,61,76H,13-18,20,25-26,28-29,37,40,42-43,46H2,1-12H3/p+1. The number of allylic oxidation sites excluding steroid dienone is 9. The number of anilines is 2. The Kier molecular flexibility index (Phi) is 18.5. The number of nitrogens with zero attached hydrogens (tertiary/aromatic N) is 3. The molecule has 2 N–H and O–H groups in total. The van der Waals surface area contributed by atoms with E-state index in [1.54, 1.807) is 0 Å². The molecule has 4 aliphatic rings. The summed E-state index contributed by atoms with van der Waals surface area (Å²) in [6.45, 7) is 28.8. The van der Waals surface area contributed by atoms with Crippen molar-refractivity contribution in [3.05, 3.63) is 176 Å². The number of aryl methyl sites for hydroxylation is 3. The molecule has 1 fully saturated rings. The van der Waals surface area contributed by atoms with E-state index in [-0.39, 0.29) is 41.2 Å². The van der Waals surface area contributed by atoms with Crippen LogP contribution in [0.25, 0.3) is 11.1 Å². The summed E-state index contributed by atoms with van der Waals surface area (Å²) in [4.78, 5) is 28.0. The molecule has 3 atom stereocenters. The Hall–Kier alpha value is -6.21. The number of para-hydroxylation sites is 1. The van der Waals surface area contributed by atoms with Gasteiger partial charge < -0.3 is 19.6 Å². The molecular formula is C70H91N4O3+. The first-order chi connectivity index (χ1) is 36.9. The van der Waals surface area contributed by atoms with E-state index in [0.29, 0.717) is 18.8 Å². The summed E-state index contributed by atoms with van der Waals surface area (Å²) in [6, 6.07) is 24.8. The number of phenols is 1. The van der Waals surface area contributed by atoms with Crippen molar-refractivity contribution in [2.75, 3.05) is 24.6 Å². The van der Waals surface area contributed by atoms with Crippen LogP contribution in [0.1, 0.15) is 191 Å². The lowest BCUT2D eigenvalue weighted by atomic mass is 9.78. The summed E-state index contributed by atoms with van der Waals surface area (Å²) in [7, 11) is 0. The van der Waals surface area contributed by atoms with Crippen LogP contribution in [-0.2, 0) is 26.8 Å². The number of unbranched alkanes of at least 4 members (excludes halogenated alkanes) is 2. The second-order valence-electron chi connectivity index (χ2n) is 24.6. The molecule has 77 heavy (non-hydrogen) atoms. The zero-order chi connectivity index (χ0) is 55.0.